The summed E-state index contributed by atoms with van der Waals surface area (Å²) in [6, 6.07) is 2.05. The van der Waals surface area contributed by atoms with Gasteiger partial charge in [-0.3, -0.25) is 4.79 Å². The maximum atomic E-state index is 12.7. The average Bonchev–Trinajstić information content (AvgIpc) is 2.89. The molecule has 0 radical (unpaired) electrons. The molecule has 0 amide bonds. The van der Waals surface area contributed by atoms with Crippen molar-refractivity contribution in [2.24, 2.45) is 5.92 Å². The van der Waals surface area contributed by atoms with E-state index in [0.717, 1.165) is 36.8 Å². The highest BCUT2D eigenvalue weighted by molar-refractivity contribution is 6.00. The molecular formula is C26H36O5. The van der Waals surface area contributed by atoms with Crippen LogP contribution in [-0.4, -0.2) is 29.1 Å². The zero-order valence-electron chi connectivity index (χ0n) is 19.5. The van der Waals surface area contributed by atoms with Crippen LogP contribution in [-0.2, 0) is 16.0 Å². The Morgan fingerprint density at radius 3 is 2.35 bits per heavy atom. The van der Waals surface area contributed by atoms with Crippen LogP contribution in [0.5, 0.6) is 5.75 Å². The number of ketones is 1. The third-order valence-electron chi connectivity index (χ3n) is 6.65. The summed E-state index contributed by atoms with van der Waals surface area (Å²) in [6.07, 6.45) is 7.93. The van der Waals surface area contributed by atoms with Gasteiger partial charge in [0, 0.05) is 17.9 Å². The number of hydrogen-bond acceptors (Lipinski definition) is 5. The van der Waals surface area contributed by atoms with Crippen LogP contribution in [0.1, 0.15) is 92.8 Å². The zero-order chi connectivity index (χ0) is 22.7. The third kappa shape index (κ3) is 5.03. The third-order valence-corrected chi connectivity index (χ3v) is 6.65. The summed E-state index contributed by atoms with van der Waals surface area (Å²) in [5.41, 5.74) is 4.05. The molecule has 2 atom stereocenters. The molecular weight excluding hydrogens is 392 g/mol. The predicted molar refractivity (Wildman–Crippen MR) is 120 cm³/mol. The Labute approximate surface area is 185 Å². The molecule has 0 saturated heterocycles. The number of hydrogen-bond donors (Lipinski definition) is 1. The maximum Gasteiger partial charge on any atom is 0.347 e. The molecule has 2 aliphatic carbocycles. The average molecular weight is 429 g/mol. The minimum absolute atomic E-state index is 0.0236. The van der Waals surface area contributed by atoms with Gasteiger partial charge in [-0.05, 0) is 56.7 Å². The lowest BCUT2D eigenvalue weighted by atomic mass is 9.86. The van der Waals surface area contributed by atoms with Gasteiger partial charge in [0.1, 0.15) is 11.3 Å². The number of aliphatic hydroxyl groups is 1. The van der Waals surface area contributed by atoms with Gasteiger partial charge in [0.25, 0.3) is 0 Å². The highest BCUT2D eigenvalue weighted by atomic mass is 16.6. The first-order valence-electron chi connectivity index (χ1n) is 11.7. The largest absolute Gasteiger partial charge is 0.481 e. The molecule has 31 heavy (non-hydrogen) atoms. The Morgan fingerprint density at radius 1 is 1.10 bits per heavy atom. The first-order chi connectivity index (χ1) is 14.7. The van der Waals surface area contributed by atoms with Crippen molar-refractivity contribution in [3.8, 4) is 5.75 Å². The molecule has 1 saturated carbocycles. The molecule has 1 N–H and O–H groups in total. The Balaban J connectivity index is 0.000000330. The molecule has 1 aliphatic heterocycles. The lowest BCUT2D eigenvalue weighted by Crippen LogP contribution is -2.35. The molecule has 5 nitrogen and oxygen atoms in total. The molecule has 1 fully saturated rings. The second kappa shape index (κ2) is 9.99. The van der Waals surface area contributed by atoms with Crippen molar-refractivity contribution in [2.45, 2.75) is 98.2 Å². The van der Waals surface area contributed by atoms with E-state index in [9.17, 15) is 9.59 Å². The highest BCUT2D eigenvalue weighted by Crippen LogP contribution is 2.40. The molecule has 2 unspecified atom stereocenters. The molecule has 0 bridgehead atoms. The lowest BCUT2D eigenvalue weighted by Gasteiger charge is -2.29. The number of aryl methyl sites for hydroxylation is 2. The van der Waals surface area contributed by atoms with E-state index >= 15 is 0 Å². The van der Waals surface area contributed by atoms with E-state index in [4.69, 9.17) is 14.6 Å². The number of carbonyl (C=O) groups excluding carboxylic acids is 2. The van der Waals surface area contributed by atoms with Gasteiger partial charge in [-0.15, -0.1) is 0 Å². The number of fused-ring (bicyclic) bond motifs is 2. The van der Waals surface area contributed by atoms with Crippen LogP contribution in [0.3, 0.4) is 0 Å². The fraction of sp³-hybridized carbons (Fsp3) is 0.615. The van der Waals surface area contributed by atoms with Crippen molar-refractivity contribution in [3.05, 3.63) is 39.7 Å². The quantitative estimate of drug-likeness (QED) is 0.641. The molecule has 0 spiro atoms. The number of esters is 1. The number of Topliss-reactive ketones (excluding diaryl/α,β-unsaturated/α-hetero) is 1. The van der Waals surface area contributed by atoms with Crippen LogP contribution >= 0.6 is 0 Å². The van der Waals surface area contributed by atoms with Crippen molar-refractivity contribution in [2.75, 3.05) is 0 Å². The van der Waals surface area contributed by atoms with Crippen molar-refractivity contribution in [1.82, 2.24) is 0 Å². The predicted octanol–water partition coefficient (Wildman–Crippen LogP) is 5.37. The molecule has 0 aromatic heterocycles. The molecule has 1 heterocycles. The lowest BCUT2D eigenvalue weighted by molar-refractivity contribution is -0.118. The summed E-state index contributed by atoms with van der Waals surface area (Å²) < 4.78 is 11.9. The number of carbonyl (C=O) groups is 2. The molecule has 4 rings (SSSR count). The van der Waals surface area contributed by atoms with Crippen molar-refractivity contribution < 1.29 is 24.2 Å². The monoisotopic (exact) mass is 428 g/mol. The van der Waals surface area contributed by atoms with E-state index in [1.165, 1.54) is 24.8 Å². The summed E-state index contributed by atoms with van der Waals surface area (Å²) in [6.45, 7) is 9.72. The second-order valence-corrected chi connectivity index (χ2v) is 9.25. The van der Waals surface area contributed by atoms with E-state index in [0.29, 0.717) is 29.1 Å². The minimum Gasteiger partial charge on any atom is -0.481 e. The Kier molecular flexibility index (Phi) is 7.58. The second-order valence-electron chi connectivity index (χ2n) is 9.25. The van der Waals surface area contributed by atoms with E-state index in [2.05, 4.69) is 6.92 Å². The van der Waals surface area contributed by atoms with E-state index in [-0.39, 0.29) is 23.9 Å². The number of rotatable bonds is 2. The van der Waals surface area contributed by atoms with Gasteiger partial charge in [0.05, 0.1) is 6.10 Å². The summed E-state index contributed by atoms with van der Waals surface area (Å²) in [5.74, 6) is 0.585. The van der Waals surface area contributed by atoms with Crippen LogP contribution in [0.4, 0.5) is 0 Å². The number of allylic oxidation sites excluding steroid dienone is 1. The minimum atomic E-state index is -0.424. The van der Waals surface area contributed by atoms with Gasteiger partial charge >= 0.3 is 5.97 Å². The molecule has 1 aromatic carbocycles. The fourth-order valence-corrected chi connectivity index (χ4v) is 4.71. The summed E-state index contributed by atoms with van der Waals surface area (Å²) in [7, 11) is 0. The van der Waals surface area contributed by atoms with Crippen LogP contribution in [0.25, 0.3) is 0 Å². The van der Waals surface area contributed by atoms with Crippen LogP contribution in [0.15, 0.2) is 17.4 Å². The smallest absolute Gasteiger partial charge is 0.347 e. The first-order valence-corrected chi connectivity index (χ1v) is 11.7. The SMILES string of the molecule is CCCc1cc(C)c2c(c1C)OC1C(=C(C)C(=O)CC1C)OC2=O.OC1CCCCC1. The van der Waals surface area contributed by atoms with E-state index < -0.39 is 5.97 Å². The topological polar surface area (TPSA) is 72.8 Å². The van der Waals surface area contributed by atoms with Crippen molar-refractivity contribution in [1.29, 1.82) is 0 Å². The summed E-state index contributed by atoms with van der Waals surface area (Å²) >= 11 is 0. The molecule has 3 aliphatic rings. The van der Waals surface area contributed by atoms with Gasteiger partial charge in [-0.2, -0.15) is 0 Å². The summed E-state index contributed by atoms with van der Waals surface area (Å²) in [4.78, 5) is 24.8. The highest BCUT2D eigenvalue weighted by Gasteiger charge is 2.40. The van der Waals surface area contributed by atoms with Gasteiger partial charge in [-0.25, -0.2) is 4.79 Å². The van der Waals surface area contributed by atoms with Gasteiger partial charge in [-0.1, -0.05) is 45.6 Å². The maximum absolute atomic E-state index is 12.7. The fourth-order valence-electron chi connectivity index (χ4n) is 4.71. The number of aliphatic hydroxyl groups excluding tert-OH is 1. The van der Waals surface area contributed by atoms with E-state index in [1.54, 1.807) is 6.92 Å². The zero-order valence-corrected chi connectivity index (χ0v) is 19.5. The van der Waals surface area contributed by atoms with Crippen LogP contribution in [0.2, 0.25) is 0 Å². The van der Waals surface area contributed by atoms with Crippen LogP contribution in [0, 0.1) is 19.8 Å². The Hall–Kier alpha value is -2.14. The Bertz CT molecular complexity index is 876. The van der Waals surface area contributed by atoms with Gasteiger partial charge in [0.15, 0.2) is 17.6 Å². The molecule has 1 aromatic rings. The van der Waals surface area contributed by atoms with Gasteiger partial charge in [0.2, 0.25) is 0 Å². The number of benzene rings is 1. The molecule has 170 valence electrons. The Morgan fingerprint density at radius 2 is 1.77 bits per heavy atom. The van der Waals surface area contributed by atoms with Crippen molar-refractivity contribution >= 4 is 11.8 Å². The number of ether oxygens (including phenoxy) is 2. The van der Waals surface area contributed by atoms with E-state index in [1.807, 2.05) is 26.8 Å². The first kappa shape index (κ1) is 23.5. The van der Waals surface area contributed by atoms with Crippen LogP contribution < -0.4 is 4.74 Å². The normalized spacial score (nSPS) is 23.7. The standard InChI is InChI=1S/C20H24O4.C6H12O/c1-6-7-14-8-10(2)16-18(12(14)4)23-17-11(3)9-15(21)13(5)19(17)24-20(16)22;7-6-4-2-1-3-5-6/h8,11,17H,6-7,9H2,1-5H3;6-7H,1-5H2. The molecule has 5 heteroatoms. The van der Waals surface area contributed by atoms with Crippen molar-refractivity contribution in [3.63, 3.8) is 0 Å². The summed E-state index contributed by atoms with van der Waals surface area (Å²) in [5, 5.41) is 8.91. The van der Waals surface area contributed by atoms with Gasteiger partial charge < -0.3 is 14.6 Å².